The van der Waals surface area contributed by atoms with Crippen LogP contribution in [0.25, 0.3) is 22.3 Å². The van der Waals surface area contributed by atoms with Crippen LogP contribution in [-0.2, 0) is 0 Å². The third-order valence-corrected chi connectivity index (χ3v) is 8.78. The Hall–Kier alpha value is -3.50. The van der Waals surface area contributed by atoms with E-state index in [1.807, 2.05) is 37.6 Å². The van der Waals surface area contributed by atoms with Gasteiger partial charge in [-0.15, -0.1) is 0 Å². The number of hydrogen-bond donors (Lipinski definition) is 1. The van der Waals surface area contributed by atoms with Gasteiger partial charge in [0.15, 0.2) is 11.6 Å². The van der Waals surface area contributed by atoms with Crippen molar-refractivity contribution in [2.24, 2.45) is 5.92 Å². The Morgan fingerprint density at radius 2 is 1.80 bits per heavy atom. The van der Waals surface area contributed by atoms with Gasteiger partial charge < -0.3 is 9.88 Å². The van der Waals surface area contributed by atoms with E-state index in [9.17, 15) is 4.39 Å². The van der Waals surface area contributed by atoms with Crippen LogP contribution in [0.3, 0.4) is 0 Å². The molecule has 0 spiro atoms. The summed E-state index contributed by atoms with van der Waals surface area (Å²) in [5, 5.41) is 3.09. The van der Waals surface area contributed by atoms with Crippen LogP contribution < -0.4 is 5.32 Å². The number of anilines is 2. The van der Waals surface area contributed by atoms with Gasteiger partial charge in [-0.25, -0.2) is 28.7 Å². The summed E-state index contributed by atoms with van der Waals surface area (Å²) in [4.78, 5) is 22.7. The van der Waals surface area contributed by atoms with Crippen LogP contribution in [-0.4, -0.2) is 66.5 Å². The van der Waals surface area contributed by atoms with Crippen LogP contribution in [0.5, 0.6) is 0 Å². The molecule has 0 radical (unpaired) electrons. The molecule has 3 saturated heterocycles. The van der Waals surface area contributed by atoms with Crippen molar-refractivity contribution in [1.29, 1.82) is 0 Å². The van der Waals surface area contributed by atoms with Gasteiger partial charge in [-0.2, -0.15) is 0 Å². The molecule has 41 heavy (non-hydrogen) atoms. The molecular formula is C31H38F2N8. The van der Waals surface area contributed by atoms with Crippen LogP contribution in [0.1, 0.15) is 64.0 Å². The minimum atomic E-state index is -0.633. The van der Waals surface area contributed by atoms with E-state index >= 15 is 4.39 Å². The number of likely N-dealkylation sites (N-methyl/N-ethyl adjacent to an activating group) is 1. The van der Waals surface area contributed by atoms with E-state index in [-0.39, 0.29) is 29.2 Å². The van der Waals surface area contributed by atoms with Gasteiger partial charge in [0.2, 0.25) is 5.95 Å². The second kappa shape index (κ2) is 11.1. The monoisotopic (exact) mass is 560 g/mol. The van der Waals surface area contributed by atoms with E-state index < -0.39 is 11.6 Å². The number of pyridine rings is 1. The predicted molar refractivity (Wildman–Crippen MR) is 157 cm³/mol. The third-order valence-electron chi connectivity index (χ3n) is 8.78. The molecule has 6 heterocycles. The molecule has 3 unspecified atom stereocenters. The van der Waals surface area contributed by atoms with Gasteiger partial charge in [-0.05, 0) is 76.8 Å². The summed E-state index contributed by atoms with van der Waals surface area (Å²) < 4.78 is 31.9. The van der Waals surface area contributed by atoms with Crippen LogP contribution in [0.2, 0.25) is 0 Å². The van der Waals surface area contributed by atoms with Crippen LogP contribution in [0.15, 0.2) is 36.7 Å². The highest BCUT2D eigenvalue weighted by molar-refractivity contribution is 5.83. The minimum Gasteiger partial charge on any atom is -0.326 e. The number of halogens is 2. The average Bonchev–Trinajstić information content (AvgIpc) is 3.08. The highest BCUT2D eigenvalue weighted by Gasteiger charge is 2.35. The smallest absolute Gasteiger partial charge is 0.229 e. The van der Waals surface area contributed by atoms with Gasteiger partial charge in [-0.1, -0.05) is 13.0 Å². The molecule has 10 heteroatoms. The summed E-state index contributed by atoms with van der Waals surface area (Å²) in [6.07, 6.45) is 5.58. The fraction of sp³-hybridized carbons (Fsp3) is 0.484. The fourth-order valence-electron chi connectivity index (χ4n) is 6.66. The van der Waals surface area contributed by atoms with Crippen LogP contribution in [0.4, 0.5) is 20.5 Å². The lowest BCUT2D eigenvalue weighted by Gasteiger charge is -2.35. The van der Waals surface area contributed by atoms with Crippen molar-refractivity contribution in [2.45, 2.75) is 65.6 Å². The number of aryl methyl sites for hydroxylation is 1. The number of hydrogen-bond acceptors (Lipinski definition) is 7. The van der Waals surface area contributed by atoms with Gasteiger partial charge in [0, 0.05) is 49.5 Å². The fourth-order valence-corrected chi connectivity index (χ4v) is 6.66. The minimum absolute atomic E-state index is 0.0135. The lowest BCUT2D eigenvalue weighted by atomic mass is 9.95. The third kappa shape index (κ3) is 5.30. The Kier molecular flexibility index (Phi) is 7.46. The molecule has 2 bridgehead atoms. The first-order valence-electron chi connectivity index (χ1n) is 14.6. The van der Waals surface area contributed by atoms with Gasteiger partial charge in [0.25, 0.3) is 0 Å². The molecule has 0 amide bonds. The number of nitrogens with zero attached hydrogens (tertiary/aromatic N) is 7. The summed E-state index contributed by atoms with van der Waals surface area (Å²) in [5.41, 5.74) is 2.36. The Bertz CT molecular complexity index is 1550. The van der Waals surface area contributed by atoms with Gasteiger partial charge in [0.05, 0.1) is 11.7 Å². The first-order chi connectivity index (χ1) is 19.7. The summed E-state index contributed by atoms with van der Waals surface area (Å²) in [7, 11) is 0. The highest BCUT2D eigenvalue weighted by atomic mass is 19.1. The van der Waals surface area contributed by atoms with Gasteiger partial charge >= 0.3 is 0 Å². The van der Waals surface area contributed by atoms with Crippen molar-refractivity contribution in [1.82, 2.24) is 34.3 Å². The first kappa shape index (κ1) is 27.7. The zero-order valence-corrected chi connectivity index (χ0v) is 24.4. The van der Waals surface area contributed by atoms with E-state index in [1.165, 1.54) is 25.5 Å². The maximum Gasteiger partial charge on any atom is 0.229 e. The summed E-state index contributed by atoms with van der Waals surface area (Å²) in [5.74, 6) is 1.02. The largest absolute Gasteiger partial charge is 0.326 e. The predicted octanol–water partition coefficient (Wildman–Crippen LogP) is 6.28. The standard InChI is InChI=1S/C31H38F2N8/c1-6-39-15-21-7-9-24(39)17-40(16-21)19(4)22-8-10-28(34-13-22)37-31-35-14-26(33)29(38-31)23-11-25(32)30-27(12-23)41(18(2)3)20(5)36-30/h8,10-14,18-19,21,24H,6-7,9,15-17H2,1-5H3,(H,34,35,37,38). The number of imidazole rings is 1. The van der Waals surface area contributed by atoms with Gasteiger partial charge in [0.1, 0.15) is 22.9 Å². The van der Waals surface area contributed by atoms with E-state index in [4.69, 9.17) is 0 Å². The molecule has 0 saturated carbocycles. The molecule has 3 atom stereocenters. The summed E-state index contributed by atoms with van der Waals surface area (Å²) in [6, 6.07) is 7.95. The maximum atomic E-state index is 15.0. The molecule has 3 aliphatic heterocycles. The average molecular weight is 561 g/mol. The van der Waals surface area contributed by atoms with Crippen molar-refractivity contribution in [3.05, 3.63) is 59.7 Å². The van der Waals surface area contributed by atoms with Crippen LogP contribution in [0, 0.1) is 24.5 Å². The second-order valence-electron chi connectivity index (χ2n) is 11.8. The first-order valence-corrected chi connectivity index (χ1v) is 14.6. The molecule has 7 rings (SSSR count). The number of nitrogens with one attached hydrogen (secondary N) is 1. The number of aromatic nitrogens is 5. The van der Waals surface area contributed by atoms with Crippen molar-refractivity contribution in [3.8, 4) is 11.3 Å². The quantitative estimate of drug-likeness (QED) is 0.285. The molecule has 3 aromatic heterocycles. The summed E-state index contributed by atoms with van der Waals surface area (Å²) in [6.45, 7) is 14.9. The zero-order valence-electron chi connectivity index (χ0n) is 24.4. The van der Waals surface area contributed by atoms with Crippen molar-refractivity contribution >= 4 is 22.8 Å². The molecule has 216 valence electrons. The van der Waals surface area contributed by atoms with Crippen molar-refractivity contribution < 1.29 is 8.78 Å². The molecule has 4 aromatic rings. The highest BCUT2D eigenvalue weighted by Crippen LogP contribution is 2.33. The van der Waals surface area contributed by atoms with Crippen molar-refractivity contribution in [2.75, 3.05) is 31.5 Å². The summed E-state index contributed by atoms with van der Waals surface area (Å²) >= 11 is 0. The van der Waals surface area contributed by atoms with Gasteiger partial charge in [-0.3, -0.25) is 9.80 Å². The maximum absolute atomic E-state index is 15.0. The molecule has 0 aliphatic carbocycles. The lowest BCUT2D eigenvalue weighted by Crippen LogP contribution is -2.43. The molecule has 8 nitrogen and oxygen atoms in total. The van der Waals surface area contributed by atoms with E-state index in [0.29, 0.717) is 28.8 Å². The van der Waals surface area contributed by atoms with E-state index in [1.54, 1.807) is 6.07 Å². The molecular weight excluding hydrogens is 522 g/mol. The Balaban J connectivity index is 1.21. The van der Waals surface area contributed by atoms with E-state index in [2.05, 4.69) is 55.0 Å². The lowest BCUT2D eigenvalue weighted by molar-refractivity contribution is 0.135. The van der Waals surface area contributed by atoms with E-state index in [0.717, 1.165) is 37.3 Å². The second-order valence-corrected chi connectivity index (χ2v) is 11.8. The number of rotatable bonds is 7. The molecule has 3 fully saturated rings. The Labute approximate surface area is 239 Å². The Morgan fingerprint density at radius 1 is 0.976 bits per heavy atom. The topological polar surface area (TPSA) is 75.0 Å². The van der Waals surface area contributed by atoms with Crippen LogP contribution >= 0.6 is 0 Å². The number of benzene rings is 1. The zero-order chi connectivity index (χ0) is 28.8. The molecule has 1 aromatic carbocycles. The molecule has 3 aliphatic rings. The van der Waals surface area contributed by atoms with Crippen molar-refractivity contribution in [3.63, 3.8) is 0 Å². The Morgan fingerprint density at radius 3 is 2.54 bits per heavy atom. The SMILES string of the molecule is CCN1CC2CCC1CN(C(C)c1ccc(Nc3ncc(F)c(-c4cc(F)c5nc(C)n(C(C)C)c5c4)n3)nc1)C2. The molecule has 1 N–H and O–H groups in total. The number of fused-ring (bicyclic) bond motifs is 5. The number of piperidine rings is 1. The normalized spacial score (nSPS) is 20.6.